The monoisotopic (exact) mass is 241 g/mol. The summed E-state index contributed by atoms with van der Waals surface area (Å²) in [5.41, 5.74) is 14.7. The van der Waals surface area contributed by atoms with E-state index in [0.29, 0.717) is 16.9 Å². The van der Waals surface area contributed by atoms with E-state index in [1.165, 1.54) is 5.56 Å². The van der Waals surface area contributed by atoms with Crippen molar-refractivity contribution in [3.8, 4) is 0 Å². The smallest absolute Gasteiger partial charge is 0.250 e. The van der Waals surface area contributed by atoms with Gasteiger partial charge in [0, 0.05) is 11.4 Å². The standard InChI is InChI=1S/C14H15N3O/c1-9-2-5-11(6-3-9)17-13-8-10(15)4-7-12(13)14(16)18/h2-8,17H,15H2,1H3,(H2,16,18). The third kappa shape index (κ3) is 2.60. The van der Waals surface area contributed by atoms with Gasteiger partial charge in [0.2, 0.25) is 0 Å². The number of carbonyl (C=O) groups is 1. The first-order valence-electron chi connectivity index (χ1n) is 5.59. The van der Waals surface area contributed by atoms with Crippen molar-refractivity contribution in [2.24, 2.45) is 5.73 Å². The Morgan fingerprint density at radius 1 is 1.11 bits per heavy atom. The van der Waals surface area contributed by atoms with Gasteiger partial charge in [0.1, 0.15) is 0 Å². The molecule has 0 bridgehead atoms. The lowest BCUT2D eigenvalue weighted by Gasteiger charge is -2.11. The number of primary amides is 1. The molecule has 2 aromatic carbocycles. The molecule has 5 N–H and O–H groups in total. The fourth-order valence-corrected chi connectivity index (χ4v) is 1.67. The van der Waals surface area contributed by atoms with Gasteiger partial charge in [0.15, 0.2) is 0 Å². The van der Waals surface area contributed by atoms with E-state index >= 15 is 0 Å². The Morgan fingerprint density at radius 3 is 2.39 bits per heavy atom. The molecule has 0 fully saturated rings. The first-order valence-corrected chi connectivity index (χ1v) is 5.59. The molecule has 0 aliphatic heterocycles. The highest BCUT2D eigenvalue weighted by Gasteiger charge is 2.08. The molecule has 0 aliphatic carbocycles. The summed E-state index contributed by atoms with van der Waals surface area (Å²) in [6.45, 7) is 2.01. The normalized spacial score (nSPS) is 10.1. The molecule has 0 aliphatic rings. The van der Waals surface area contributed by atoms with E-state index in [1.54, 1.807) is 18.2 Å². The quantitative estimate of drug-likeness (QED) is 0.722. The molecule has 0 saturated heterocycles. The highest BCUT2D eigenvalue weighted by Crippen LogP contribution is 2.23. The second kappa shape index (κ2) is 4.79. The SMILES string of the molecule is Cc1ccc(Nc2cc(N)ccc2C(N)=O)cc1. The minimum Gasteiger partial charge on any atom is -0.399 e. The molecule has 4 nitrogen and oxygen atoms in total. The van der Waals surface area contributed by atoms with Gasteiger partial charge >= 0.3 is 0 Å². The van der Waals surface area contributed by atoms with Gasteiger partial charge in [-0.15, -0.1) is 0 Å². The predicted molar refractivity (Wildman–Crippen MR) is 73.8 cm³/mol. The Kier molecular flexibility index (Phi) is 3.19. The summed E-state index contributed by atoms with van der Waals surface area (Å²) >= 11 is 0. The van der Waals surface area contributed by atoms with Crippen LogP contribution in [0.5, 0.6) is 0 Å². The summed E-state index contributed by atoms with van der Waals surface area (Å²) in [7, 11) is 0. The lowest BCUT2D eigenvalue weighted by molar-refractivity contribution is 0.100. The van der Waals surface area contributed by atoms with E-state index in [9.17, 15) is 4.79 Å². The summed E-state index contributed by atoms with van der Waals surface area (Å²) in [6, 6.07) is 12.8. The van der Waals surface area contributed by atoms with E-state index in [2.05, 4.69) is 5.32 Å². The number of carbonyl (C=O) groups excluding carboxylic acids is 1. The number of nitrogen functional groups attached to an aromatic ring is 1. The average molecular weight is 241 g/mol. The molecular weight excluding hydrogens is 226 g/mol. The lowest BCUT2D eigenvalue weighted by atomic mass is 10.1. The Balaban J connectivity index is 2.35. The van der Waals surface area contributed by atoms with Crippen molar-refractivity contribution in [3.05, 3.63) is 53.6 Å². The van der Waals surface area contributed by atoms with Crippen molar-refractivity contribution < 1.29 is 4.79 Å². The molecule has 2 rings (SSSR count). The zero-order valence-electron chi connectivity index (χ0n) is 10.1. The summed E-state index contributed by atoms with van der Waals surface area (Å²) in [5.74, 6) is -0.482. The van der Waals surface area contributed by atoms with E-state index in [0.717, 1.165) is 5.69 Å². The van der Waals surface area contributed by atoms with Crippen molar-refractivity contribution in [2.45, 2.75) is 6.92 Å². The molecule has 0 unspecified atom stereocenters. The van der Waals surface area contributed by atoms with Crippen LogP contribution in [0.15, 0.2) is 42.5 Å². The van der Waals surface area contributed by atoms with Crippen molar-refractivity contribution in [2.75, 3.05) is 11.1 Å². The highest BCUT2D eigenvalue weighted by molar-refractivity contribution is 5.99. The summed E-state index contributed by atoms with van der Waals surface area (Å²) in [4.78, 5) is 11.3. The van der Waals surface area contributed by atoms with Crippen molar-refractivity contribution >= 4 is 23.0 Å². The third-order valence-corrected chi connectivity index (χ3v) is 2.64. The molecule has 0 heterocycles. The van der Waals surface area contributed by atoms with Gasteiger partial charge in [-0.2, -0.15) is 0 Å². The molecule has 0 spiro atoms. The molecule has 2 aromatic rings. The maximum atomic E-state index is 11.3. The van der Waals surface area contributed by atoms with Gasteiger partial charge in [-0.25, -0.2) is 0 Å². The molecule has 18 heavy (non-hydrogen) atoms. The molecule has 4 heteroatoms. The fourth-order valence-electron chi connectivity index (χ4n) is 1.67. The first kappa shape index (κ1) is 12.0. The molecule has 0 saturated carbocycles. The Morgan fingerprint density at radius 2 is 1.78 bits per heavy atom. The zero-order chi connectivity index (χ0) is 13.1. The Bertz CT molecular complexity index is 576. The van der Waals surface area contributed by atoms with Crippen LogP contribution in [0.4, 0.5) is 17.1 Å². The average Bonchev–Trinajstić information content (AvgIpc) is 2.32. The van der Waals surface area contributed by atoms with Crippen LogP contribution < -0.4 is 16.8 Å². The van der Waals surface area contributed by atoms with E-state index in [-0.39, 0.29) is 0 Å². The molecule has 0 radical (unpaired) electrons. The van der Waals surface area contributed by atoms with Crippen LogP contribution in [0.25, 0.3) is 0 Å². The van der Waals surface area contributed by atoms with E-state index in [1.807, 2.05) is 31.2 Å². The van der Waals surface area contributed by atoms with Crippen LogP contribution in [0.3, 0.4) is 0 Å². The summed E-state index contributed by atoms with van der Waals surface area (Å²) in [6.07, 6.45) is 0. The van der Waals surface area contributed by atoms with Gasteiger partial charge in [-0.3, -0.25) is 4.79 Å². The summed E-state index contributed by atoms with van der Waals surface area (Å²) < 4.78 is 0. The van der Waals surface area contributed by atoms with Crippen molar-refractivity contribution in [1.82, 2.24) is 0 Å². The number of nitrogens with two attached hydrogens (primary N) is 2. The number of nitrogens with one attached hydrogen (secondary N) is 1. The van der Waals surface area contributed by atoms with Gasteiger partial charge in [-0.1, -0.05) is 17.7 Å². The van der Waals surface area contributed by atoms with Crippen molar-refractivity contribution in [3.63, 3.8) is 0 Å². The maximum absolute atomic E-state index is 11.3. The number of aryl methyl sites for hydroxylation is 1. The van der Waals surface area contributed by atoms with Crippen LogP contribution in [0, 0.1) is 6.92 Å². The van der Waals surface area contributed by atoms with Crippen LogP contribution in [-0.4, -0.2) is 5.91 Å². The Hall–Kier alpha value is -2.49. The zero-order valence-corrected chi connectivity index (χ0v) is 10.1. The van der Waals surface area contributed by atoms with Crippen LogP contribution in [-0.2, 0) is 0 Å². The third-order valence-electron chi connectivity index (χ3n) is 2.64. The number of hydrogen-bond donors (Lipinski definition) is 3. The highest BCUT2D eigenvalue weighted by atomic mass is 16.1. The van der Waals surface area contributed by atoms with Gasteiger partial charge in [0.05, 0.1) is 11.3 Å². The molecular formula is C14H15N3O. The van der Waals surface area contributed by atoms with Crippen molar-refractivity contribution in [1.29, 1.82) is 0 Å². The maximum Gasteiger partial charge on any atom is 0.250 e. The first-order chi connectivity index (χ1) is 8.56. The van der Waals surface area contributed by atoms with Gasteiger partial charge < -0.3 is 16.8 Å². The minimum absolute atomic E-state index is 0.421. The van der Waals surface area contributed by atoms with E-state index < -0.39 is 5.91 Å². The number of rotatable bonds is 3. The Labute approximate surface area is 106 Å². The fraction of sp³-hybridized carbons (Fsp3) is 0.0714. The summed E-state index contributed by atoms with van der Waals surface area (Å²) in [5, 5.41) is 3.14. The largest absolute Gasteiger partial charge is 0.399 e. The molecule has 92 valence electrons. The number of hydrogen-bond acceptors (Lipinski definition) is 3. The predicted octanol–water partition coefficient (Wildman–Crippen LogP) is 2.42. The lowest BCUT2D eigenvalue weighted by Crippen LogP contribution is -2.13. The van der Waals surface area contributed by atoms with Crippen LogP contribution >= 0.6 is 0 Å². The minimum atomic E-state index is -0.482. The van der Waals surface area contributed by atoms with Gasteiger partial charge in [-0.05, 0) is 37.3 Å². The second-order valence-corrected chi connectivity index (χ2v) is 4.16. The molecule has 1 amide bonds. The number of anilines is 3. The second-order valence-electron chi connectivity index (χ2n) is 4.16. The number of benzene rings is 2. The van der Waals surface area contributed by atoms with Crippen LogP contribution in [0.1, 0.15) is 15.9 Å². The molecule has 0 atom stereocenters. The van der Waals surface area contributed by atoms with Gasteiger partial charge in [0.25, 0.3) is 5.91 Å². The van der Waals surface area contributed by atoms with Crippen LogP contribution in [0.2, 0.25) is 0 Å². The molecule has 0 aromatic heterocycles. The van der Waals surface area contributed by atoms with E-state index in [4.69, 9.17) is 11.5 Å². The number of amides is 1. The topological polar surface area (TPSA) is 81.1 Å².